The van der Waals surface area contributed by atoms with Crippen LogP contribution in [-0.4, -0.2) is 14.9 Å². The van der Waals surface area contributed by atoms with Crippen molar-refractivity contribution in [2.45, 2.75) is 0 Å². The molecule has 5 nitrogen and oxygen atoms in total. The Morgan fingerprint density at radius 3 is 2.20 bits per heavy atom. The van der Waals surface area contributed by atoms with E-state index in [-0.39, 0.29) is 5.69 Å². The maximum Gasteiger partial charge on any atom is 0.269 e. The summed E-state index contributed by atoms with van der Waals surface area (Å²) in [6.07, 6.45) is 4.01. The molecule has 0 aliphatic carbocycles. The van der Waals surface area contributed by atoms with Crippen molar-refractivity contribution in [3.05, 3.63) is 124 Å². The second-order valence-electron chi connectivity index (χ2n) is 8.35. The molecule has 4 aromatic carbocycles. The third-order valence-electron chi connectivity index (χ3n) is 6.15. The van der Waals surface area contributed by atoms with Crippen LogP contribution in [0.2, 0.25) is 0 Å². The highest BCUT2D eigenvalue weighted by Gasteiger charge is 2.11. The molecule has 0 bridgehead atoms. The third-order valence-corrected chi connectivity index (χ3v) is 6.15. The summed E-state index contributed by atoms with van der Waals surface area (Å²) >= 11 is 0. The number of hydrogen-bond acceptors (Lipinski definition) is 4. The van der Waals surface area contributed by atoms with Gasteiger partial charge in [-0.2, -0.15) is 0 Å². The maximum atomic E-state index is 11.0. The van der Waals surface area contributed by atoms with E-state index < -0.39 is 4.92 Å². The number of non-ortho nitro benzene ring substituents is 1. The zero-order chi connectivity index (χ0) is 23.8. The standard InChI is InChI=1S/C30H19N3O2/c34-33(35)24-15-10-20(11-16-24)9-12-23-19-29(27-17-14-22-6-2-4-8-26(22)31-27)32-28-18-13-21-5-1-3-7-25(21)30(23)28/h1-19H/b12-9+. The van der Waals surface area contributed by atoms with Gasteiger partial charge in [-0.3, -0.25) is 10.1 Å². The van der Waals surface area contributed by atoms with Crippen molar-refractivity contribution in [2.24, 2.45) is 0 Å². The minimum Gasteiger partial charge on any atom is -0.258 e. The summed E-state index contributed by atoms with van der Waals surface area (Å²) in [6, 6.07) is 33.1. The zero-order valence-corrected chi connectivity index (χ0v) is 18.6. The van der Waals surface area contributed by atoms with Gasteiger partial charge in [0.15, 0.2) is 0 Å². The fraction of sp³-hybridized carbons (Fsp3) is 0. The van der Waals surface area contributed by atoms with Gasteiger partial charge in [-0.05, 0) is 58.3 Å². The summed E-state index contributed by atoms with van der Waals surface area (Å²) in [5, 5.41) is 15.4. The molecule has 35 heavy (non-hydrogen) atoms. The molecule has 0 aliphatic heterocycles. The van der Waals surface area contributed by atoms with Crippen molar-refractivity contribution in [1.29, 1.82) is 0 Å². The van der Waals surface area contributed by atoms with Crippen molar-refractivity contribution in [2.75, 3.05) is 0 Å². The molecule has 0 spiro atoms. The predicted octanol–water partition coefficient (Wildman–Crippen LogP) is 7.68. The van der Waals surface area contributed by atoms with Crippen LogP contribution < -0.4 is 0 Å². The van der Waals surface area contributed by atoms with E-state index in [1.165, 1.54) is 12.1 Å². The highest BCUT2D eigenvalue weighted by molar-refractivity contribution is 6.11. The lowest BCUT2D eigenvalue weighted by Crippen LogP contribution is -1.93. The average Bonchev–Trinajstić information content (AvgIpc) is 2.91. The minimum absolute atomic E-state index is 0.0761. The van der Waals surface area contributed by atoms with E-state index in [9.17, 15) is 10.1 Å². The highest BCUT2D eigenvalue weighted by Crippen LogP contribution is 2.32. The van der Waals surface area contributed by atoms with E-state index in [0.717, 1.165) is 55.1 Å². The average molecular weight is 454 g/mol. The van der Waals surface area contributed by atoms with Crippen LogP contribution in [0.5, 0.6) is 0 Å². The van der Waals surface area contributed by atoms with Crippen LogP contribution in [-0.2, 0) is 0 Å². The minimum atomic E-state index is -0.390. The largest absolute Gasteiger partial charge is 0.269 e. The first-order chi connectivity index (χ1) is 17.2. The van der Waals surface area contributed by atoms with Crippen LogP contribution >= 0.6 is 0 Å². The SMILES string of the molecule is O=[N+]([O-])c1ccc(/C=C/c2cc(-c3ccc4ccccc4n3)nc3ccc4ccccc4c23)cc1. The van der Waals surface area contributed by atoms with E-state index in [4.69, 9.17) is 9.97 Å². The molecular weight excluding hydrogens is 434 g/mol. The van der Waals surface area contributed by atoms with E-state index >= 15 is 0 Å². The van der Waals surface area contributed by atoms with Gasteiger partial charge >= 0.3 is 0 Å². The molecule has 0 N–H and O–H groups in total. The smallest absolute Gasteiger partial charge is 0.258 e. The molecule has 0 atom stereocenters. The molecule has 166 valence electrons. The lowest BCUT2D eigenvalue weighted by molar-refractivity contribution is -0.384. The number of nitrogens with zero attached hydrogens (tertiary/aromatic N) is 3. The van der Waals surface area contributed by atoms with Crippen LogP contribution in [0, 0.1) is 10.1 Å². The Bertz CT molecular complexity index is 1770. The molecule has 0 saturated carbocycles. The number of nitro benzene ring substituents is 1. The first-order valence-corrected chi connectivity index (χ1v) is 11.3. The van der Waals surface area contributed by atoms with Gasteiger partial charge in [-0.15, -0.1) is 0 Å². The van der Waals surface area contributed by atoms with Crippen LogP contribution in [0.25, 0.3) is 56.1 Å². The van der Waals surface area contributed by atoms with Crippen molar-refractivity contribution < 1.29 is 4.92 Å². The van der Waals surface area contributed by atoms with E-state index in [2.05, 4.69) is 30.3 Å². The highest BCUT2D eigenvalue weighted by atomic mass is 16.6. The fourth-order valence-electron chi connectivity index (χ4n) is 4.40. The number of aromatic nitrogens is 2. The number of rotatable bonds is 4. The number of benzene rings is 4. The number of nitro groups is 1. The number of pyridine rings is 2. The van der Waals surface area contributed by atoms with Crippen molar-refractivity contribution >= 4 is 50.4 Å². The van der Waals surface area contributed by atoms with E-state index in [1.807, 2.05) is 60.7 Å². The van der Waals surface area contributed by atoms with Crippen molar-refractivity contribution in [3.63, 3.8) is 0 Å². The number of hydrogen-bond donors (Lipinski definition) is 0. The Morgan fingerprint density at radius 1 is 0.657 bits per heavy atom. The van der Waals surface area contributed by atoms with Crippen LogP contribution in [0.3, 0.4) is 0 Å². The Kier molecular flexibility index (Phi) is 5.00. The van der Waals surface area contributed by atoms with Gasteiger partial charge in [-0.25, -0.2) is 9.97 Å². The van der Waals surface area contributed by atoms with E-state index in [1.54, 1.807) is 12.1 Å². The first-order valence-electron chi connectivity index (χ1n) is 11.3. The zero-order valence-electron chi connectivity index (χ0n) is 18.6. The molecule has 0 amide bonds. The molecule has 0 aliphatic rings. The quantitative estimate of drug-likeness (QED) is 0.156. The summed E-state index contributed by atoms with van der Waals surface area (Å²) in [5.74, 6) is 0. The van der Waals surface area contributed by atoms with Gasteiger partial charge < -0.3 is 0 Å². The summed E-state index contributed by atoms with van der Waals surface area (Å²) < 4.78 is 0. The van der Waals surface area contributed by atoms with Crippen LogP contribution in [0.15, 0.2) is 103 Å². The molecular formula is C30H19N3O2. The molecule has 0 fully saturated rings. The van der Waals surface area contributed by atoms with Gasteiger partial charge in [0.05, 0.1) is 27.3 Å². The van der Waals surface area contributed by atoms with Gasteiger partial charge in [0.1, 0.15) is 0 Å². The Balaban J connectivity index is 1.54. The van der Waals surface area contributed by atoms with Gasteiger partial charge in [-0.1, -0.05) is 66.7 Å². The summed E-state index contributed by atoms with van der Waals surface area (Å²) in [6.45, 7) is 0. The number of fused-ring (bicyclic) bond motifs is 4. The number of para-hydroxylation sites is 1. The maximum absolute atomic E-state index is 11.0. The lowest BCUT2D eigenvalue weighted by atomic mass is 9.98. The lowest BCUT2D eigenvalue weighted by Gasteiger charge is -2.10. The van der Waals surface area contributed by atoms with Crippen LogP contribution in [0.4, 0.5) is 5.69 Å². The fourth-order valence-corrected chi connectivity index (χ4v) is 4.40. The molecule has 2 heterocycles. The molecule has 6 aromatic rings. The Morgan fingerprint density at radius 2 is 1.37 bits per heavy atom. The summed E-state index contributed by atoms with van der Waals surface area (Å²) in [4.78, 5) is 20.4. The third kappa shape index (κ3) is 3.89. The van der Waals surface area contributed by atoms with Crippen LogP contribution in [0.1, 0.15) is 11.1 Å². The monoisotopic (exact) mass is 453 g/mol. The van der Waals surface area contributed by atoms with Crippen molar-refractivity contribution in [1.82, 2.24) is 9.97 Å². The second-order valence-corrected chi connectivity index (χ2v) is 8.35. The molecule has 0 unspecified atom stereocenters. The van der Waals surface area contributed by atoms with Crippen molar-refractivity contribution in [3.8, 4) is 11.4 Å². The van der Waals surface area contributed by atoms with Gasteiger partial charge in [0, 0.05) is 22.9 Å². The van der Waals surface area contributed by atoms with Gasteiger partial charge in [0.25, 0.3) is 5.69 Å². The second kappa shape index (κ2) is 8.47. The predicted molar refractivity (Wildman–Crippen MR) is 142 cm³/mol. The molecule has 2 aromatic heterocycles. The topological polar surface area (TPSA) is 68.9 Å². The Hall–Kier alpha value is -4.90. The molecule has 6 rings (SSSR count). The summed E-state index contributed by atoms with van der Waals surface area (Å²) in [5.41, 5.74) is 5.38. The molecule has 0 saturated heterocycles. The molecule has 5 heteroatoms. The summed E-state index contributed by atoms with van der Waals surface area (Å²) in [7, 11) is 0. The van der Waals surface area contributed by atoms with Gasteiger partial charge in [0.2, 0.25) is 0 Å². The first kappa shape index (κ1) is 20.7. The van der Waals surface area contributed by atoms with E-state index in [0.29, 0.717) is 0 Å². The normalized spacial score (nSPS) is 11.5. The molecule has 0 radical (unpaired) electrons. The Labute approximate surface area is 201 Å².